The van der Waals surface area contributed by atoms with Crippen molar-refractivity contribution < 1.29 is 24.9 Å². The lowest BCUT2D eigenvalue weighted by atomic mass is 9.32. The zero-order valence-electron chi connectivity index (χ0n) is 23.3. The van der Waals surface area contributed by atoms with Gasteiger partial charge in [0.15, 0.2) is 0 Å². The molecule has 5 saturated carbocycles. The van der Waals surface area contributed by atoms with Crippen LogP contribution < -0.4 is 0 Å². The van der Waals surface area contributed by atoms with Crippen LogP contribution in [0.5, 0.6) is 0 Å². The van der Waals surface area contributed by atoms with Crippen LogP contribution in [0.25, 0.3) is 0 Å². The lowest BCUT2D eigenvalue weighted by Gasteiger charge is -2.72. The van der Waals surface area contributed by atoms with E-state index in [2.05, 4.69) is 34.6 Å². The van der Waals surface area contributed by atoms with Gasteiger partial charge in [-0.1, -0.05) is 40.2 Å². The molecule has 0 aromatic carbocycles. The van der Waals surface area contributed by atoms with E-state index in [9.17, 15) is 24.9 Å². The summed E-state index contributed by atoms with van der Waals surface area (Å²) in [6.07, 6.45) is 10.6. The molecule has 0 spiro atoms. The van der Waals surface area contributed by atoms with Gasteiger partial charge in [-0.25, -0.2) is 4.79 Å². The highest BCUT2D eigenvalue weighted by Crippen LogP contribution is 2.77. The van der Waals surface area contributed by atoms with Gasteiger partial charge in [0, 0.05) is 6.08 Å². The zero-order valence-corrected chi connectivity index (χ0v) is 23.3. The number of rotatable bonds is 3. The van der Waals surface area contributed by atoms with E-state index in [1.54, 1.807) is 0 Å². The standard InChI is InChI=1S/C31H48O5/c1-18(17-24(33)34)19-9-14-31(26(35)36)16-15-29(5)20(25(19)31)7-8-22-28(4)12-11-23(32)27(2,3)21(28)10-13-30(22,29)6/h17,19-23,25,32H,7-16H2,1-6H3,(H,33,34)(H,35,36). The fourth-order valence-corrected chi connectivity index (χ4v) is 11.8. The summed E-state index contributed by atoms with van der Waals surface area (Å²) in [7, 11) is 0. The minimum absolute atomic E-state index is 0.0114. The van der Waals surface area contributed by atoms with Gasteiger partial charge >= 0.3 is 11.9 Å². The van der Waals surface area contributed by atoms with Crippen LogP contribution in [0.3, 0.4) is 0 Å². The fourth-order valence-electron chi connectivity index (χ4n) is 11.8. The molecule has 3 N–H and O–H groups in total. The van der Waals surface area contributed by atoms with Gasteiger partial charge in [0.25, 0.3) is 0 Å². The Labute approximate surface area is 217 Å². The molecule has 0 aromatic heterocycles. The molecule has 0 radical (unpaired) electrons. The first-order valence-corrected chi connectivity index (χ1v) is 14.5. The summed E-state index contributed by atoms with van der Waals surface area (Å²) in [5, 5.41) is 31.0. The Kier molecular flexibility index (Phi) is 5.89. The second-order valence-electron chi connectivity index (χ2n) is 14.9. The second kappa shape index (κ2) is 8.07. The van der Waals surface area contributed by atoms with Gasteiger partial charge in [0.05, 0.1) is 11.5 Å². The molecule has 0 aromatic rings. The van der Waals surface area contributed by atoms with Gasteiger partial charge in [-0.3, -0.25) is 4.79 Å². The molecule has 5 nitrogen and oxygen atoms in total. The van der Waals surface area contributed by atoms with Crippen LogP contribution >= 0.6 is 0 Å². The molecule has 5 aliphatic carbocycles. The number of fused-ring (bicyclic) bond motifs is 7. The SMILES string of the molecule is CC(=CC(=O)O)C1CCC2(C(=O)O)CCC3(C)C(CCC4C5(C)CCC(O)C(C)(C)C5CCC43C)C12. The number of aliphatic carboxylic acids is 2. The summed E-state index contributed by atoms with van der Waals surface area (Å²) in [6.45, 7) is 14.0. The van der Waals surface area contributed by atoms with Gasteiger partial charge in [0.2, 0.25) is 0 Å². The Balaban J connectivity index is 1.57. The summed E-state index contributed by atoms with van der Waals surface area (Å²) in [5.41, 5.74) is 0.419. The van der Waals surface area contributed by atoms with E-state index < -0.39 is 17.4 Å². The Bertz CT molecular complexity index is 983. The lowest BCUT2D eigenvalue weighted by molar-refractivity contribution is -0.248. The third-order valence-electron chi connectivity index (χ3n) is 13.8. The highest BCUT2D eigenvalue weighted by Gasteiger charge is 2.72. The lowest BCUT2D eigenvalue weighted by Crippen LogP contribution is -2.67. The van der Waals surface area contributed by atoms with Gasteiger partial charge in [-0.2, -0.15) is 0 Å². The van der Waals surface area contributed by atoms with Gasteiger partial charge in [0.1, 0.15) is 0 Å². The Hall–Kier alpha value is -1.36. The predicted octanol–water partition coefficient (Wildman–Crippen LogP) is 6.54. The first-order valence-electron chi connectivity index (χ1n) is 14.5. The number of aliphatic hydroxyl groups excluding tert-OH is 1. The quantitative estimate of drug-likeness (QED) is 0.382. The van der Waals surface area contributed by atoms with Crippen LogP contribution in [0.1, 0.15) is 106 Å². The van der Waals surface area contributed by atoms with Crippen LogP contribution in [0.4, 0.5) is 0 Å². The van der Waals surface area contributed by atoms with E-state index in [-0.39, 0.29) is 39.6 Å². The predicted molar refractivity (Wildman–Crippen MR) is 139 cm³/mol. The van der Waals surface area contributed by atoms with Crippen LogP contribution in [-0.2, 0) is 9.59 Å². The maximum atomic E-state index is 12.9. The Morgan fingerprint density at radius 1 is 0.778 bits per heavy atom. The Morgan fingerprint density at radius 3 is 2.11 bits per heavy atom. The Morgan fingerprint density at radius 2 is 1.47 bits per heavy atom. The van der Waals surface area contributed by atoms with E-state index in [1.807, 2.05) is 6.92 Å². The van der Waals surface area contributed by atoms with Crippen LogP contribution in [0.15, 0.2) is 11.6 Å². The van der Waals surface area contributed by atoms with E-state index >= 15 is 0 Å². The van der Waals surface area contributed by atoms with Crippen molar-refractivity contribution in [1.82, 2.24) is 0 Å². The summed E-state index contributed by atoms with van der Waals surface area (Å²) in [5.74, 6) is -0.155. The smallest absolute Gasteiger partial charge is 0.328 e. The molecule has 0 saturated heterocycles. The van der Waals surface area contributed by atoms with E-state index in [0.29, 0.717) is 30.6 Å². The molecule has 5 rings (SSSR count). The average Bonchev–Trinajstić information content (AvgIpc) is 3.18. The summed E-state index contributed by atoms with van der Waals surface area (Å²) >= 11 is 0. The maximum Gasteiger partial charge on any atom is 0.328 e. The van der Waals surface area contributed by atoms with Crippen molar-refractivity contribution in [2.45, 2.75) is 112 Å². The molecular weight excluding hydrogens is 452 g/mol. The van der Waals surface area contributed by atoms with Crippen LogP contribution in [0, 0.1) is 56.7 Å². The number of carboxylic acids is 2. The highest BCUT2D eigenvalue weighted by atomic mass is 16.4. The number of allylic oxidation sites excluding steroid dienone is 1. The molecule has 202 valence electrons. The number of hydrogen-bond acceptors (Lipinski definition) is 3. The molecule has 10 unspecified atom stereocenters. The van der Waals surface area contributed by atoms with E-state index in [1.165, 1.54) is 6.08 Å². The van der Waals surface area contributed by atoms with Crippen molar-refractivity contribution in [3.8, 4) is 0 Å². The van der Waals surface area contributed by atoms with Gasteiger partial charge in [-0.05, 0) is 122 Å². The number of carbonyl (C=O) groups is 2. The third-order valence-corrected chi connectivity index (χ3v) is 13.8. The molecule has 0 aliphatic heterocycles. The van der Waals surface area contributed by atoms with Crippen molar-refractivity contribution in [2.75, 3.05) is 0 Å². The minimum Gasteiger partial charge on any atom is -0.481 e. The molecule has 5 heteroatoms. The summed E-state index contributed by atoms with van der Waals surface area (Å²) in [4.78, 5) is 24.4. The van der Waals surface area contributed by atoms with Crippen molar-refractivity contribution in [2.24, 2.45) is 56.7 Å². The largest absolute Gasteiger partial charge is 0.481 e. The van der Waals surface area contributed by atoms with Crippen molar-refractivity contribution in [1.29, 1.82) is 0 Å². The first-order chi connectivity index (χ1) is 16.6. The highest BCUT2D eigenvalue weighted by molar-refractivity contribution is 5.81. The van der Waals surface area contributed by atoms with Crippen molar-refractivity contribution in [3.05, 3.63) is 11.6 Å². The van der Waals surface area contributed by atoms with E-state index in [4.69, 9.17) is 0 Å². The molecule has 5 aliphatic rings. The summed E-state index contributed by atoms with van der Waals surface area (Å²) in [6, 6.07) is 0. The molecule has 0 bridgehead atoms. The molecule has 10 atom stereocenters. The van der Waals surface area contributed by atoms with Crippen LogP contribution in [-0.4, -0.2) is 33.4 Å². The topological polar surface area (TPSA) is 94.8 Å². The first kappa shape index (κ1) is 26.3. The fraction of sp³-hybridized carbons (Fsp3) is 0.871. The molecule has 5 fully saturated rings. The molecule has 36 heavy (non-hydrogen) atoms. The molecular formula is C31H48O5. The normalized spacial score (nSPS) is 51.9. The molecule has 0 amide bonds. The average molecular weight is 501 g/mol. The van der Waals surface area contributed by atoms with Crippen LogP contribution in [0.2, 0.25) is 0 Å². The van der Waals surface area contributed by atoms with Crippen molar-refractivity contribution >= 4 is 11.9 Å². The van der Waals surface area contributed by atoms with E-state index in [0.717, 1.165) is 56.9 Å². The monoisotopic (exact) mass is 500 g/mol. The maximum absolute atomic E-state index is 12.9. The van der Waals surface area contributed by atoms with Crippen molar-refractivity contribution in [3.63, 3.8) is 0 Å². The summed E-state index contributed by atoms with van der Waals surface area (Å²) < 4.78 is 0. The minimum atomic E-state index is -0.928. The van der Waals surface area contributed by atoms with Gasteiger partial charge in [-0.15, -0.1) is 0 Å². The number of aliphatic hydroxyl groups is 1. The number of carboxylic acid groups (broad SMARTS) is 2. The third kappa shape index (κ3) is 3.16. The second-order valence-corrected chi connectivity index (χ2v) is 14.9. The zero-order chi connectivity index (χ0) is 26.5. The number of hydrogen-bond donors (Lipinski definition) is 3. The van der Waals surface area contributed by atoms with Gasteiger partial charge < -0.3 is 15.3 Å². The molecule has 0 heterocycles.